The molecule has 0 heterocycles. The van der Waals surface area contributed by atoms with Crippen LogP contribution in [-0.2, 0) is 4.79 Å². The lowest BCUT2D eigenvalue weighted by atomic mass is 10.1. The summed E-state index contributed by atoms with van der Waals surface area (Å²) in [5.41, 5.74) is 1.90. The second-order valence-corrected chi connectivity index (χ2v) is 5.15. The number of hydrogen-bond acceptors (Lipinski definition) is 2. The van der Waals surface area contributed by atoms with E-state index in [9.17, 15) is 9.59 Å². The third kappa shape index (κ3) is 3.42. The molecule has 2 amide bonds. The number of carboxylic acid groups (broad SMARTS) is 1. The molecule has 5 nitrogen and oxygen atoms in total. The van der Waals surface area contributed by atoms with Crippen LogP contribution in [0, 0.1) is 12.8 Å². The second kappa shape index (κ2) is 6.43. The fraction of sp³-hybridized carbons (Fsp3) is 0.375. The molecule has 0 saturated heterocycles. The quantitative estimate of drug-likeness (QED) is 0.837. The number of carbonyl (C=O) groups is 2. The van der Waals surface area contributed by atoms with Crippen LogP contribution in [0.25, 0.3) is 0 Å². The number of aryl methyl sites for hydroxylation is 1. The van der Waals surface area contributed by atoms with Gasteiger partial charge >= 0.3 is 12.0 Å². The third-order valence-corrected chi connectivity index (χ3v) is 3.68. The number of carbonyl (C=O) groups excluding carboxylic acids is 1. The molecule has 0 aliphatic heterocycles. The highest BCUT2D eigenvalue weighted by atomic mass is 16.4. The number of urea groups is 1. The molecule has 2 N–H and O–H groups in total. The van der Waals surface area contributed by atoms with E-state index in [1.807, 2.05) is 38.1 Å². The first-order chi connectivity index (χ1) is 10.0. The van der Waals surface area contributed by atoms with E-state index in [1.165, 1.54) is 0 Å². The van der Waals surface area contributed by atoms with Crippen LogP contribution in [0.1, 0.15) is 18.9 Å². The Labute approximate surface area is 124 Å². The summed E-state index contributed by atoms with van der Waals surface area (Å²) >= 11 is 0. The van der Waals surface area contributed by atoms with Crippen LogP contribution in [0.4, 0.5) is 10.5 Å². The summed E-state index contributed by atoms with van der Waals surface area (Å²) < 4.78 is 0. The predicted molar refractivity (Wildman–Crippen MR) is 81.4 cm³/mol. The number of anilines is 1. The summed E-state index contributed by atoms with van der Waals surface area (Å²) in [6.07, 6.45) is 3.80. The Kier molecular flexibility index (Phi) is 4.62. The first-order valence-electron chi connectivity index (χ1n) is 7.07. The highest BCUT2D eigenvalue weighted by molar-refractivity contribution is 5.93. The van der Waals surface area contributed by atoms with E-state index < -0.39 is 11.9 Å². The maximum atomic E-state index is 12.4. The summed E-state index contributed by atoms with van der Waals surface area (Å²) in [7, 11) is 0. The molecule has 0 fully saturated rings. The van der Waals surface area contributed by atoms with Gasteiger partial charge in [-0.1, -0.05) is 30.4 Å². The molecule has 112 valence electrons. The third-order valence-electron chi connectivity index (χ3n) is 3.68. The van der Waals surface area contributed by atoms with Crippen LogP contribution >= 0.6 is 0 Å². The van der Waals surface area contributed by atoms with Crippen molar-refractivity contribution in [2.24, 2.45) is 5.92 Å². The van der Waals surface area contributed by atoms with Gasteiger partial charge in [-0.25, -0.2) is 4.79 Å². The lowest BCUT2D eigenvalue weighted by Crippen LogP contribution is -2.44. The maximum absolute atomic E-state index is 12.4. The van der Waals surface area contributed by atoms with Gasteiger partial charge in [0, 0.05) is 12.2 Å². The molecule has 1 aliphatic carbocycles. The molecular formula is C16H20N2O3. The van der Waals surface area contributed by atoms with Crippen molar-refractivity contribution in [3.05, 3.63) is 42.0 Å². The summed E-state index contributed by atoms with van der Waals surface area (Å²) in [5.74, 6) is -1.36. The topological polar surface area (TPSA) is 69.6 Å². The fourth-order valence-electron chi connectivity index (χ4n) is 2.52. The molecule has 0 saturated carbocycles. The van der Waals surface area contributed by atoms with Crippen molar-refractivity contribution >= 4 is 17.7 Å². The van der Waals surface area contributed by atoms with Gasteiger partial charge in [-0.3, -0.25) is 9.69 Å². The lowest BCUT2D eigenvalue weighted by Gasteiger charge is -2.25. The first-order valence-corrected chi connectivity index (χ1v) is 7.07. The van der Waals surface area contributed by atoms with Crippen molar-refractivity contribution in [3.8, 4) is 0 Å². The van der Waals surface area contributed by atoms with E-state index in [0.29, 0.717) is 13.0 Å². The number of benzene rings is 1. The van der Waals surface area contributed by atoms with E-state index in [1.54, 1.807) is 17.1 Å². The number of amides is 2. The molecule has 2 atom stereocenters. The molecular weight excluding hydrogens is 268 g/mol. The van der Waals surface area contributed by atoms with Crippen LogP contribution < -0.4 is 10.2 Å². The molecule has 2 unspecified atom stereocenters. The van der Waals surface area contributed by atoms with E-state index in [2.05, 4.69) is 5.32 Å². The Morgan fingerprint density at radius 2 is 2.05 bits per heavy atom. The maximum Gasteiger partial charge on any atom is 0.322 e. The standard InChI is InChI=1S/C16H20N2O3/c1-3-18(14-7-5-4-6-11(14)2)16(21)17-13-9-8-12(10-13)15(19)20/h4-9,12-13H,3,10H2,1-2H3,(H,17,21)(H,19,20). The van der Waals surface area contributed by atoms with E-state index >= 15 is 0 Å². The summed E-state index contributed by atoms with van der Waals surface area (Å²) in [5, 5.41) is 11.8. The van der Waals surface area contributed by atoms with Gasteiger partial charge in [0.25, 0.3) is 0 Å². The first kappa shape index (κ1) is 15.1. The van der Waals surface area contributed by atoms with Gasteiger partial charge in [0.2, 0.25) is 0 Å². The van der Waals surface area contributed by atoms with Gasteiger partial charge in [0.05, 0.1) is 12.0 Å². The highest BCUT2D eigenvalue weighted by Gasteiger charge is 2.27. The Morgan fingerprint density at radius 1 is 1.33 bits per heavy atom. The van der Waals surface area contributed by atoms with Crippen LogP contribution in [0.5, 0.6) is 0 Å². The molecule has 0 spiro atoms. The molecule has 0 radical (unpaired) electrons. The average Bonchev–Trinajstić information content (AvgIpc) is 2.90. The van der Waals surface area contributed by atoms with Gasteiger partial charge in [0.1, 0.15) is 0 Å². The van der Waals surface area contributed by atoms with Crippen LogP contribution in [0.15, 0.2) is 36.4 Å². The van der Waals surface area contributed by atoms with Gasteiger partial charge in [0.15, 0.2) is 0 Å². The van der Waals surface area contributed by atoms with E-state index in [-0.39, 0.29) is 12.1 Å². The Balaban J connectivity index is 2.04. The zero-order chi connectivity index (χ0) is 15.4. The number of aliphatic carboxylic acids is 1. The number of rotatable bonds is 4. The summed E-state index contributed by atoms with van der Waals surface area (Å²) in [4.78, 5) is 25.0. The zero-order valence-corrected chi connectivity index (χ0v) is 12.2. The number of para-hydroxylation sites is 1. The van der Waals surface area contributed by atoms with Crippen molar-refractivity contribution in [1.82, 2.24) is 5.32 Å². The number of carboxylic acids is 1. The van der Waals surface area contributed by atoms with Gasteiger partial charge in [-0.05, 0) is 31.9 Å². The molecule has 0 bridgehead atoms. The largest absolute Gasteiger partial charge is 0.481 e. The zero-order valence-electron chi connectivity index (χ0n) is 12.2. The second-order valence-electron chi connectivity index (χ2n) is 5.15. The van der Waals surface area contributed by atoms with Crippen LogP contribution in [0.2, 0.25) is 0 Å². The van der Waals surface area contributed by atoms with Crippen molar-refractivity contribution in [2.75, 3.05) is 11.4 Å². The number of hydrogen-bond donors (Lipinski definition) is 2. The minimum absolute atomic E-state index is 0.201. The van der Waals surface area contributed by atoms with Crippen LogP contribution in [0.3, 0.4) is 0 Å². The molecule has 0 aromatic heterocycles. The molecule has 5 heteroatoms. The molecule has 2 rings (SSSR count). The van der Waals surface area contributed by atoms with Crippen LogP contribution in [-0.4, -0.2) is 29.7 Å². The van der Waals surface area contributed by atoms with E-state index in [0.717, 1.165) is 11.3 Å². The average molecular weight is 288 g/mol. The molecule has 1 aromatic rings. The molecule has 1 aliphatic rings. The van der Waals surface area contributed by atoms with E-state index in [4.69, 9.17) is 5.11 Å². The summed E-state index contributed by atoms with van der Waals surface area (Å²) in [6, 6.07) is 7.27. The van der Waals surface area contributed by atoms with Gasteiger partial charge < -0.3 is 10.4 Å². The summed E-state index contributed by atoms with van der Waals surface area (Å²) in [6.45, 7) is 4.42. The Bertz CT molecular complexity index is 568. The number of nitrogens with one attached hydrogen (secondary N) is 1. The van der Waals surface area contributed by atoms with Crippen molar-refractivity contribution in [1.29, 1.82) is 0 Å². The highest BCUT2D eigenvalue weighted by Crippen LogP contribution is 2.21. The number of nitrogens with zero attached hydrogens (tertiary/aromatic N) is 1. The SMILES string of the molecule is CCN(C(=O)NC1C=CC(C(=O)O)C1)c1ccccc1C. The molecule has 1 aromatic carbocycles. The normalized spacial score (nSPS) is 20.3. The molecule has 21 heavy (non-hydrogen) atoms. The Morgan fingerprint density at radius 3 is 2.62 bits per heavy atom. The smallest absolute Gasteiger partial charge is 0.322 e. The van der Waals surface area contributed by atoms with Crippen molar-refractivity contribution in [2.45, 2.75) is 26.3 Å². The monoisotopic (exact) mass is 288 g/mol. The van der Waals surface area contributed by atoms with Crippen molar-refractivity contribution in [3.63, 3.8) is 0 Å². The fourth-order valence-corrected chi connectivity index (χ4v) is 2.52. The van der Waals surface area contributed by atoms with Gasteiger partial charge in [-0.15, -0.1) is 0 Å². The van der Waals surface area contributed by atoms with Crippen molar-refractivity contribution < 1.29 is 14.7 Å². The minimum atomic E-state index is -0.853. The van der Waals surface area contributed by atoms with Gasteiger partial charge in [-0.2, -0.15) is 0 Å². The Hall–Kier alpha value is -2.30. The predicted octanol–water partition coefficient (Wildman–Crippen LogP) is 2.56. The lowest BCUT2D eigenvalue weighted by molar-refractivity contribution is -0.140. The minimum Gasteiger partial charge on any atom is -0.481 e.